The molecule has 1 aliphatic carbocycles. The highest BCUT2D eigenvalue weighted by atomic mass is 16.2. The second-order valence-electron chi connectivity index (χ2n) is 6.95. The fraction of sp³-hybridized carbons (Fsp3) is 0.941. The Morgan fingerprint density at radius 1 is 1.10 bits per heavy atom. The van der Waals surface area contributed by atoms with Gasteiger partial charge < -0.3 is 10.6 Å². The maximum absolute atomic E-state index is 12.2. The lowest BCUT2D eigenvalue weighted by molar-refractivity contribution is -0.123. The molecular weight excluding hydrogens is 262 g/mol. The van der Waals surface area contributed by atoms with E-state index in [1.54, 1.807) is 0 Å². The Balaban J connectivity index is 1.66. The molecule has 1 aliphatic heterocycles. The van der Waals surface area contributed by atoms with Crippen LogP contribution in [-0.4, -0.2) is 49.6 Å². The van der Waals surface area contributed by atoms with E-state index in [1.807, 2.05) is 7.05 Å². The molecule has 2 aliphatic rings. The van der Waals surface area contributed by atoms with Gasteiger partial charge in [0.1, 0.15) is 0 Å². The van der Waals surface area contributed by atoms with Crippen molar-refractivity contribution >= 4 is 5.91 Å². The predicted octanol–water partition coefficient (Wildman–Crippen LogP) is 2.15. The molecule has 1 heterocycles. The SMILES string of the molecule is CNC(C)C1CCN(CC(=O)NC2CCCCCC2)CC1. The fourth-order valence-corrected chi connectivity index (χ4v) is 3.75. The van der Waals surface area contributed by atoms with E-state index in [4.69, 9.17) is 0 Å². The minimum atomic E-state index is 0.238. The molecule has 0 bridgehead atoms. The van der Waals surface area contributed by atoms with Crippen LogP contribution in [0.3, 0.4) is 0 Å². The molecule has 4 heteroatoms. The summed E-state index contributed by atoms with van der Waals surface area (Å²) in [6.07, 6.45) is 9.99. The Morgan fingerprint density at radius 3 is 2.29 bits per heavy atom. The van der Waals surface area contributed by atoms with Gasteiger partial charge in [-0.3, -0.25) is 9.69 Å². The molecule has 0 radical (unpaired) electrons. The second kappa shape index (κ2) is 8.74. The highest BCUT2D eigenvalue weighted by Gasteiger charge is 2.24. The summed E-state index contributed by atoms with van der Waals surface area (Å²) in [6, 6.07) is 1.02. The summed E-state index contributed by atoms with van der Waals surface area (Å²) in [5.74, 6) is 0.998. The third-order valence-corrected chi connectivity index (χ3v) is 5.38. The summed E-state index contributed by atoms with van der Waals surface area (Å²) in [5, 5.41) is 6.61. The molecule has 4 nitrogen and oxygen atoms in total. The third-order valence-electron chi connectivity index (χ3n) is 5.38. The molecule has 0 aromatic heterocycles. The van der Waals surface area contributed by atoms with Crippen LogP contribution in [0.1, 0.15) is 58.3 Å². The van der Waals surface area contributed by atoms with E-state index in [0.717, 1.165) is 19.0 Å². The van der Waals surface area contributed by atoms with E-state index in [0.29, 0.717) is 18.6 Å². The standard InChI is InChI=1S/C17H33N3O/c1-14(18-2)15-9-11-20(12-10-15)13-17(21)19-16-7-5-3-4-6-8-16/h14-16,18H,3-13H2,1-2H3,(H,19,21). The quantitative estimate of drug-likeness (QED) is 0.764. The molecule has 21 heavy (non-hydrogen) atoms. The molecule has 1 unspecified atom stereocenters. The molecule has 1 saturated carbocycles. The van der Waals surface area contributed by atoms with Gasteiger partial charge in [0.2, 0.25) is 5.91 Å². The zero-order chi connectivity index (χ0) is 15.1. The summed E-state index contributed by atoms with van der Waals surface area (Å²) in [6.45, 7) is 4.99. The minimum absolute atomic E-state index is 0.238. The molecular formula is C17H33N3O. The van der Waals surface area contributed by atoms with Crippen LogP contribution in [0.2, 0.25) is 0 Å². The van der Waals surface area contributed by atoms with Gasteiger partial charge in [0, 0.05) is 12.1 Å². The Morgan fingerprint density at radius 2 is 1.71 bits per heavy atom. The van der Waals surface area contributed by atoms with Crippen molar-refractivity contribution in [3.05, 3.63) is 0 Å². The van der Waals surface area contributed by atoms with Crippen molar-refractivity contribution in [3.8, 4) is 0 Å². The molecule has 1 atom stereocenters. The number of carbonyl (C=O) groups is 1. The summed E-state index contributed by atoms with van der Waals surface area (Å²) < 4.78 is 0. The summed E-state index contributed by atoms with van der Waals surface area (Å²) in [4.78, 5) is 14.5. The number of piperidine rings is 1. The van der Waals surface area contributed by atoms with Gasteiger partial charge in [0.25, 0.3) is 0 Å². The van der Waals surface area contributed by atoms with E-state index in [-0.39, 0.29) is 5.91 Å². The molecule has 2 fully saturated rings. The minimum Gasteiger partial charge on any atom is -0.352 e. The van der Waals surface area contributed by atoms with Crippen LogP contribution in [0.15, 0.2) is 0 Å². The van der Waals surface area contributed by atoms with Gasteiger partial charge >= 0.3 is 0 Å². The lowest BCUT2D eigenvalue weighted by Gasteiger charge is -2.34. The Hall–Kier alpha value is -0.610. The van der Waals surface area contributed by atoms with Gasteiger partial charge in [-0.05, 0) is 58.7 Å². The summed E-state index contributed by atoms with van der Waals surface area (Å²) >= 11 is 0. The van der Waals surface area contributed by atoms with Crippen LogP contribution in [0.4, 0.5) is 0 Å². The van der Waals surface area contributed by atoms with Gasteiger partial charge in [-0.25, -0.2) is 0 Å². The first-order valence-corrected chi connectivity index (χ1v) is 8.88. The monoisotopic (exact) mass is 295 g/mol. The van der Waals surface area contributed by atoms with Gasteiger partial charge in [-0.2, -0.15) is 0 Å². The Labute approximate surface area is 130 Å². The van der Waals surface area contributed by atoms with E-state index >= 15 is 0 Å². The third kappa shape index (κ3) is 5.59. The second-order valence-corrected chi connectivity index (χ2v) is 6.95. The van der Waals surface area contributed by atoms with Crippen molar-refractivity contribution in [2.24, 2.45) is 5.92 Å². The topological polar surface area (TPSA) is 44.4 Å². The van der Waals surface area contributed by atoms with E-state index < -0.39 is 0 Å². The number of carbonyl (C=O) groups excluding carboxylic acids is 1. The number of rotatable bonds is 5. The zero-order valence-corrected chi connectivity index (χ0v) is 13.9. The molecule has 0 aromatic rings. The summed E-state index contributed by atoms with van der Waals surface area (Å²) in [7, 11) is 2.04. The number of likely N-dealkylation sites (tertiary alicyclic amines) is 1. The van der Waals surface area contributed by atoms with Crippen molar-refractivity contribution < 1.29 is 4.79 Å². The molecule has 2 N–H and O–H groups in total. The fourth-order valence-electron chi connectivity index (χ4n) is 3.75. The number of hydrogen-bond acceptors (Lipinski definition) is 3. The van der Waals surface area contributed by atoms with Crippen LogP contribution in [0.25, 0.3) is 0 Å². The number of nitrogens with zero attached hydrogens (tertiary/aromatic N) is 1. The van der Waals surface area contributed by atoms with Crippen LogP contribution in [0, 0.1) is 5.92 Å². The average Bonchev–Trinajstić information content (AvgIpc) is 2.75. The maximum Gasteiger partial charge on any atom is 0.234 e. The maximum atomic E-state index is 12.2. The first-order valence-electron chi connectivity index (χ1n) is 8.88. The molecule has 1 amide bonds. The molecule has 2 rings (SSSR count). The molecule has 0 spiro atoms. The van der Waals surface area contributed by atoms with Crippen LogP contribution in [-0.2, 0) is 4.79 Å². The van der Waals surface area contributed by atoms with E-state index in [9.17, 15) is 4.79 Å². The van der Waals surface area contributed by atoms with E-state index in [1.165, 1.54) is 51.4 Å². The van der Waals surface area contributed by atoms with Crippen molar-refractivity contribution in [3.63, 3.8) is 0 Å². The molecule has 122 valence electrons. The zero-order valence-electron chi connectivity index (χ0n) is 13.9. The Bertz CT molecular complexity index is 305. The van der Waals surface area contributed by atoms with Gasteiger partial charge in [-0.15, -0.1) is 0 Å². The number of nitrogens with one attached hydrogen (secondary N) is 2. The van der Waals surface area contributed by atoms with Crippen molar-refractivity contribution in [1.82, 2.24) is 15.5 Å². The van der Waals surface area contributed by atoms with Gasteiger partial charge in [-0.1, -0.05) is 25.7 Å². The van der Waals surface area contributed by atoms with Crippen molar-refractivity contribution in [2.75, 3.05) is 26.7 Å². The van der Waals surface area contributed by atoms with Crippen LogP contribution < -0.4 is 10.6 Å². The van der Waals surface area contributed by atoms with Crippen molar-refractivity contribution in [1.29, 1.82) is 0 Å². The smallest absolute Gasteiger partial charge is 0.234 e. The largest absolute Gasteiger partial charge is 0.352 e. The highest BCUT2D eigenvalue weighted by molar-refractivity contribution is 5.78. The lowest BCUT2D eigenvalue weighted by Crippen LogP contribution is -2.46. The predicted molar refractivity (Wildman–Crippen MR) is 87.3 cm³/mol. The first-order chi connectivity index (χ1) is 10.2. The number of amides is 1. The molecule has 0 aromatic carbocycles. The van der Waals surface area contributed by atoms with Crippen LogP contribution in [0.5, 0.6) is 0 Å². The van der Waals surface area contributed by atoms with Crippen LogP contribution >= 0.6 is 0 Å². The Kier molecular flexibility index (Phi) is 6.97. The average molecular weight is 295 g/mol. The van der Waals surface area contributed by atoms with E-state index in [2.05, 4.69) is 22.5 Å². The lowest BCUT2D eigenvalue weighted by atomic mass is 9.90. The summed E-state index contributed by atoms with van der Waals surface area (Å²) in [5.41, 5.74) is 0. The molecule has 1 saturated heterocycles. The van der Waals surface area contributed by atoms with Crippen molar-refractivity contribution in [2.45, 2.75) is 70.4 Å². The van der Waals surface area contributed by atoms with Gasteiger partial charge in [0.15, 0.2) is 0 Å². The normalized spacial score (nSPS) is 24.5. The number of hydrogen-bond donors (Lipinski definition) is 2. The highest BCUT2D eigenvalue weighted by Crippen LogP contribution is 2.20. The van der Waals surface area contributed by atoms with Gasteiger partial charge in [0.05, 0.1) is 6.54 Å². The first kappa shape index (κ1) is 16.8.